The van der Waals surface area contributed by atoms with E-state index in [1.165, 1.54) is 42.1 Å². The molecule has 1 heterocycles. The summed E-state index contributed by atoms with van der Waals surface area (Å²) < 4.78 is 0. The zero-order chi connectivity index (χ0) is 13.7. The SMILES string of the molecule is CC(C)(C)NCCc1nnc(CCC2CCCC2)s1. The second-order valence-corrected chi connectivity index (χ2v) is 7.85. The first-order valence-corrected chi connectivity index (χ1v) is 8.41. The summed E-state index contributed by atoms with van der Waals surface area (Å²) >= 11 is 1.80. The van der Waals surface area contributed by atoms with Crippen molar-refractivity contribution in [3.63, 3.8) is 0 Å². The summed E-state index contributed by atoms with van der Waals surface area (Å²) in [5.41, 5.74) is 0.190. The molecule has 0 saturated heterocycles. The van der Waals surface area contributed by atoms with Crippen LogP contribution in [-0.2, 0) is 12.8 Å². The molecule has 108 valence electrons. The fourth-order valence-electron chi connectivity index (χ4n) is 2.66. The van der Waals surface area contributed by atoms with Gasteiger partial charge in [-0.3, -0.25) is 0 Å². The van der Waals surface area contributed by atoms with E-state index < -0.39 is 0 Å². The van der Waals surface area contributed by atoms with Crippen molar-refractivity contribution in [2.24, 2.45) is 5.92 Å². The van der Waals surface area contributed by atoms with Crippen molar-refractivity contribution in [1.82, 2.24) is 15.5 Å². The molecule has 19 heavy (non-hydrogen) atoms. The maximum Gasteiger partial charge on any atom is 0.118 e. The van der Waals surface area contributed by atoms with Gasteiger partial charge in [0.25, 0.3) is 0 Å². The number of aromatic nitrogens is 2. The summed E-state index contributed by atoms with van der Waals surface area (Å²) in [6.07, 6.45) is 9.18. The first-order chi connectivity index (χ1) is 9.03. The van der Waals surface area contributed by atoms with Gasteiger partial charge >= 0.3 is 0 Å². The lowest BCUT2D eigenvalue weighted by atomic mass is 10.0. The number of rotatable bonds is 6. The minimum Gasteiger partial charge on any atom is -0.312 e. The molecule has 1 fully saturated rings. The van der Waals surface area contributed by atoms with Crippen molar-refractivity contribution in [1.29, 1.82) is 0 Å². The lowest BCUT2D eigenvalue weighted by molar-refractivity contribution is 0.429. The second kappa shape index (κ2) is 6.80. The minimum absolute atomic E-state index is 0.190. The normalized spacial score (nSPS) is 17.2. The molecule has 0 radical (unpaired) electrons. The van der Waals surface area contributed by atoms with Crippen molar-refractivity contribution in [3.8, 4) is 0 Å². The highest BCUT2D eigenvalue weighted by molar-refractivity contribution is 7.11. The van der Waals surface area contributed by atoms with Crippen LogP contribution in [0.25, 0.3) is 0 Å². The molecular weight excluding hydrogens is 254 g/mol. The molecule has 1 aliphatic carbocycles. The fourth-order valence-corrected chi connectivity index (χ4v) is 3.52. The van der Waals surface area contributed by atoms with Gasteiger partial charge in [0.2, 0.25) is 0 Å². The summed E-state index contributed by atoms with van der Waals surface area (Å²) in [6, 6.07) is 0. The Morgan fingerprint density at radius 2 is 1.74 bits per heavy atom. The lowest BCUT2D eigenvalue weighted by Crippen LogP contribution is -2.37. The van der Waals surface area contributed by atoms with Crippen LogP contribution in [0, 0.1) is 5.92 Å². The third kappa shape index (κ3) is 5.57. The number of hydrogen-bond donors (Lipinski definition) is 1. The average Bonchev–Trinajstić information content (AvgIpc) is 2.94. The topological polar surface area (TPSA) is 37.8 Å². The second-order valence-electron chi connectivity index (χ2n) is 6.71. The van der Waals surface area contributed by atoms with Crippen molar-refractivity contribution in [3.05, 3.63) is 10.0 Å². The van der Waals surface area contributed by atoms with E-state index in [1.54, 1.807) is 11.3 Å². The van der Waals surface area contributed by atoms with Crippen molar-refractivity contribution >= 4 is 11.3 Å². The molecule has 1 aliphatic rings. The van der Waals surface area contributed by atoms with Gasteiger partial charge in [-0.1, -0.05) is 25.7 Å². The molecule has 0 aromatic carbocycles. The summed E-state index contributed by atoms with van der Waals surface area (Å²) in [5.74, 6) is 0.954. The highest BCUT2D eigenvalue weighted by Crippen LogP contribution is 2.29. The summed E-state index contributed by atoms with van der Waals surface area (Å²) in [7, 11) is 0. The maximum absolute atomic E-state index is 4.33. The maximum atomic E-state index is 4.33. The van der Waals surface area contributed by atoms with E-state index in [4.69, 9.17) is 0 Å². The van der Waals surface area contributed by atoms with Gasteiger partial charge in [0.05, 0.1) is 0 Å². The van der Waals surface area contributed by atoms with Crippen molar-refractivity contribution < 1.29 is 0 Å². The van der Waals surface area contributed by atoms with Gasteiger partial charge in [-0.05, 0) is 33.1 Å². The van der Waals surface area contributed by atoms with Crippen LogP contribution >= 0.6 is 11.3 Å². The van der Waals surface area contributed by atoms with E-state index in [2.05, 4.69) is 36.3 Å². The third-order valence-electron chi connectivity index (χ3n) is 3.74. The van der Waals surface area contributed by atoms with E-state index in [0.29, 0.717) is 0 Å². The summed E-state index contributed by atoms with van der Waals surface area (Å²) in [4.78, 5) is 0. The molecule has 0 bridgehead atoms. The number of hydrogen-bond acceptors (Lipinski definition) is 4. The first-order valence-electron chi connectivity index (χ1n) is 7.59. The minimum atomic E-state index is 0.190. The van der Waals surface area contributed by atoms with Crippen molar-refractivity contribution in [2.45, 2.75) is 71.3 Å². The van der Waals surface area contributed by atoms with Crippen LogP contribution < -0.4 is 5.32 Å². The van der Waals surface area contributed by atoms with Gasteiger partial charge in [-0.2, -0.15) is 0 Å². The van der Waals surface area contributed by atoms with Gasteiger partial charge in [-0.15, -0.1) is 21.5 Å². The highest BCUT2D eigenvalue weighted by Gasteiger charge is 2.16. The lowest BCUT2D eigenvalue weighted by Gasteiger charge is -2.19. The first kappa shape index (κ1) is 14.9. The monoisotopic (exact) mass is 281 g/mol. The molecule has 0 unspecified atom stereocenters. The van der Waals surface area contributed by atoms with Gasteiger partial charge in [0, 0.05) is 24.9 Å². The third-order valence-corrected chi connectivity index (χ3v) is 4.79. The molecule has 2 rings (SSSR count). The Balaban J connectivity index is 1.69. The zero-order valence-corrected chi connectivity index (χ0v) is 13.4. The largest absolute Gasteiger partial charge is 0.312 e. The van der Waals surface area contributed by atoms with E-state index >= 15 is 0 Å². The summed E-state index contributed by atoms with van der Waals surface area (Å²) in [6.45, 7) is 7.57. The van der Waals surface area contributed by atoms with E-state index in [0.717, 1.165) is 25.3 Å². The predicted molar refractivity (Wildman–Crippen MR) is 81.6 cm³/mol. The van der Waals surface area contributed by atoms with Gasteiger partial charge in [0.1, 0.15) is 10.0 Å². The molecule has 1 aromatic heterocycles. The molecule has 1 N–H and O–H groups in total. The van der Waals surface area contributed by atoms with E-state index in [9.17, 15) is 0 Å². The molecule has 0 atom stereocenters. The van der Waals surface area contributed by atoms with Gasteiger partial charge in [-0.25, -0.2) is 0 Å². The van der Waals surface area contributed by atoms with E-state index in [-0.39, 0.29) is 5.54 Å². The molecule has 1 aromatic rings. The predicted octanol–water partition coefficient (Wildman–Crippen LogP) is 3.59. The molecule has 4 heteroatoms. The van der Waals surface area contributed by atoms with Crippen LogP contribution in [-0.4, -0.2) is 22.3 Å². The molecule has 0 spiro atoms. The van der Waals surface area contributed by atoms with Crippen molar-refractivity contribution in [2.75, 3.05) is 6.54 Å². The number of nitrogens with one attached hydrogen (secondary N) is 1. The van der Waals surface area contributed by atoms with Crippen LogP contribution in [0.5, 0.6) is 0 Å². The average molecular weight is 281 g/mol. The molecule has 1 saturated carbocycles. The molecule has 0 aliphatic heterocycles. The molecular formula is C15H27N3S. The zero-order valence-electron chi connectivity index (χ0n) is 12.5. The van der Waals surface area contributed by atoms with Crippen LogP contribution in [0.2, 0.25) is 0 Å². The Bertz CT molecular complexity index is 375. The standard InChI is InChI=1S/C15H27N3S/c1-15(2,3)16-11-10-14-18-17-13(19-14)9-8-12-6-4-5-7-12/h12,16H,4-11H2,1-3H3. The highest BCUT2D eigenvalue weighted by atomic mass is 32.1. The molecule has 3 nitrogen and oxygen atoms in total. The summed E-state index contributed by atoms with van der Waals surface area (Å²) in [5, 5.41) is 14.6. The van der Waals surface area contributed by atoms with E-state index in [1.807, 2.05) is 0 Å². The van der Waals surface area contributed by atoms with Gasteiger partial charge < -0.3 is 5.32 Å². The van der Waals surface area contributed by atoms with Crippen LogP contribution in [0.15, 0.2) is 0 Å². The number of aryl methyl sites for hydroxylation is 1. The number of nitrogens with zero attached hydrogens (tertiary/aromatic N) is 2. The van der Waals surface area contributed by atoms with Crippen LogP contribution in [0.3, 0.4) is 0 Å². The van der Waals surface area contributed by atoms with Crippen LogP contribution in [0.4, 0.5) is 0 Å². The Labute approximate surface area is 121 Å². The smallest absolute Gasteiger partial charge is 0.118 e. The Hall–Kier alpha value is -0.480. The molecule has 0 amide bonds. The Morgan fingerprint density at radius 3 is 2.37 bits per heavy atom. The quantitative estimate of drug-likeness (QED) is 0.866. The fraction of sp³-hybridized carbons (Fsp3) is 0.867. The Morgan fingerprint density at radius 1 is 1.11 bits per heavy atom. The van der Waals surface area contributed by atoms with Crippen LogP contribution in [0.1, 0.15) is 62.9 Å². The Kier molecular flexibility index (Phi) is 5.34. The van der Waals surface area contributed by atoms with Gasteiger partial charge in [0.15, 0.2) is 0 Å².